The summed E-state index contributed by atoms with van der Waals surface area (Å²) in [5, 5.41) is 10.6. The van der Waals surface area contributed by atoms with Gasteiger partial charge in [-0.3, -0.25) is 19.8 Å². The maximum absolute atomic E-state index is 12.9. The highest BCUT2D eigenvalue weighted by molar-refractivity contribution is 6.39. The van der Waals surface area contributed by atoms with E-state index < -0.39 is 0 Å². The van der Waals surface area contributed by atoms with E-state index in [9.17, 15) is 9.59 Å². The molecule has 0 bridgehead atoms. The summed E-state index contributed by atoms with van der Waals surface area (Å²) in [5.74, 6) is 1.10. The van der Waals surface area contributed by atoms with Crippen LogP contribution in [0.5, 0.6) is 5.75 Å². The van der Waals surface area contributed by atoms with Crippen molar-refractivity contribution in [1.29, 1.82) is 0 Å². The molecule has 0 aliphatic carbocycles. The molecule has 3 heterocycles. The van der Waals surface area contributed by atoms with E-state index in [1.807, 2.05) is 18.2 Å². The largest absolute Gasteiger partial charge is 0.490 e. The Bertz CT molecular complexity index is 1260. The molecule has 0 saturated carbocycles. The van der Waals surface area contributed by atoms with Gasteiger partial charge in [0.1, 0.15) is 17.7 Å². The van der Waals surface area contributed by atoms with Gasteiger partial charge in [-0.05, 0) is 24.3 Å². The minimum absolute atomic E-state index is 0.0311. The van der Waals surface area contributed by atoms with Crippen LogP contribution in [0, 0.1) is 0 Å². The number of likely N-dealkylation sites (tertiary alicyclic amines) is 1. The molecule has 1 saturated heterocycles. The van der Waals surface area contributed by atoms with Gasteiger partial charge in [-0.25, -0.2) is 4.79 Å². The zero-order chi connectivity index (χ0) is 26.7. The SMILES string of the molecule is Cn1nc(C(C)(C)C)cc1NC(=O)Nc1ccc(OC2CCN(C(=O)c3c(Cl)cncc3Cl)CC2)cc1. The van der Waals surface area contributed by atoms with E-state index in [1.165, 1.54) is 12.4 Å². The molecule has 3 aromatic rings. The number of benzene rings is 1. The van der Waals surface area contributed by atoms with Crippen LogP contribution in [0.2, 0.25) is 10.0 Å². The normalized spacial score (nSPS) is 14.4. The van der Waals surface area contributed by atoms with E-state index >= 15 is 0 Å². The number of hydrogen-bond donors (Lipinski definition) is 2. The number of aromatic nitrogens is 3. The van der Waals surface area contributed by atoms with Gasteiger partial charge in [0.15, 0.2) is 0 Å². The Hall–Kier alpha value is -3.30. The average Bonchev–Trinajstić information content (AvgIpc) is 3.21. The highest BCUT2D eigenvalue weighted by Crippen LogP contribution is 2.27. The third-order valence-corrected chi connectivity index (χ3v) is 6.67. The first-order valence-corrected chi connectivity index (χ1v) is 12.7. The van der Waals surface area contributed by atoms with Crippen molar-refractivity contribution in [2.75, 3.05) is 23.7 Å². The number of urea groups is 1. The molecule has 0 spiro atoms. The van der Waals surface area contributed by atoms with Crippen molar-refractivity contribution < 1.29 is 14.3 Å². The third-order valence-electron chi connectivity index (χ3n) is 6.10. The van der Waals surface area contributed by atoms with E-state index in [1.54, 1.807) is 28.8 Å². The summed E-state index contributed by atoms with van der Waals surface area (Å²) >= 11 is 12.3. The molecule has 3 amide bonds. The number of piperidine rings is 1. The Labute approximate surface area is 226 Å². The van der Waals surface area contributed by atoms with Gasteiger partial charge in [0.2, 0.25) is 0 Å². The summed E-state index contributed by atoms with van der Waals surface area (Å²) < 4.78 is 7.75. The molecule has 37 heavy (non-hydrogen) atoms. The van der Waals surface area contributed by atoms with Crippen LogP contribution >= 0.6 is 23.2 Å². The Morgan fingerprint density at radius 1 is 1.03 bits per heavy atom. The molecule has 2 aromatic heterocycles. The van der Waals surface area contributed by atoms with Crippen molar-refractivity contribution >= 4 is 46.6 Å². The lowest BCUT2D eigenvalue weighted by molar-refractivity contribution is 0.0596. The highest BCUT2D eigenvalue weighted by atomic mass is 35.5. The van der Waals surface area contributed by atoms with Gasteiger partial charge >= 0.3 is 6.03 Å². The average molecular weight is 545 g/mol. The van der Waals surface area contributed by atoms with Crippen molar-refractivity contribution in [3.05, 3.63) is 64.0 Å². The van der Waals surface area contributed by atoms with Gasteiger partial charge in [0.25, 0.3) is 5.91 Å². The van der Waals surface area contributed by atoms with Crippen molar-refractivity contribution in [3.8, 4) is 5.75 Å². The molecule has 0 unspecified atom stereocenters. The molecule has 0 radical (unpaired) electrons. The van der Waals surface area contributed by atoms with E-state index in [2.05, 4.69) is 41.5 Å². The number of ether oxygens (including phenoxy) is 1. The molecule has 2 N–H and O–H groups in total. The predicted molar refractivity (Wildman–Crippen MR) is 145 cm³/mol. The quantitative estimate of drug-likeness (QED) is 0.426. The fourth-order valence-corrected chi connectivity index (χ4v) is 4.52. The predicted octanol–water partition coefficient (Wildman–Crippen LogP) is 5.75. The van der Waals surface area contributed by atoms with E-state index in [0.717, 1.165) is 5.69 Å². The first kappa shape index (κ1) is 26.8. The lowest BCUT2D eigenvalue weighted by Crippen LogP contribution is -2.42. The van der Waals surface area contributed by atoms with Gasteiger partial charge < -0.3 is 15.0 Å². The van der Waals surface area contributed by atoms with Crippen LogP contribution in [0.3, 0.4) is 0 Å². The summed E-state index contributed by atoms with van der Waals surface area (Å²) in [4.78, 5) is 31.0. The summed E-state index contributed by atoms with van der Waals surface area (Å²) in [6.07, 6.45) is 4.16. The minimum Gasteiger partial charge on any atom is -0.490 e. The highest BCUT2D eigenvalue weighted by Gasteiger charge is 2.27. The van der Waals surface area contributed by atoms with Crippen LogP contribution in [-0.2, 0) is 12.5 Å². The van der Waals surface area contributed by atoms with Crippen LogP contribution in [0.1, 0.15) is 49.7 Å². The van der Waals surface area contributed by atoms with Gasteiger partial charge in [-0.2, -0.15) is 5.10 Å². The van der Waals surface area contributed by atoms with Gasteiger partial charge in [-0.15, -0.1) is 0 Å². The van der Waals surface area contributed by atoms with Crippen molar-refractivity contribution in [2.45, 2.75) is 45.1 Å². The van der Waals surface area contributed by atoms with Crippen LogP contribution < -0.4 is 15.4 Å². The maximum atomic E-state index is 12.9. The summed E-state index contributed by atoms with van der Waals surface area (Å²) in [6, 6.07) is 8.70. The van der Waals surface area contributed by atoms with Crippen molar-refractivity contribution in [2.24, 2.45) is 7.05 Å². The topological polar surface area (TPSA) is 101 Å². The Kier molecular flexibility index (Phi) is 7.94. The number of anilines is 2. The van der Waals surface area contributed by atoms with Crippen LogP contribution in [-0.4, -0.2) is 50.8 Å². The van der Waals surface area contributed by atoms with Gasteiger partial charge in [0.05, 0.1) is 21.3 Å². The third kappa shape index (κ3) is 6.53. The number of pyridine rings is 1. The number of halogens is 2. The maximum Gasteiger partial charge on any atom is 0.324 e. The number of amides is 3. The zero-order valence-corrected chi connectivity index (χ0v) is 22.7. The molecular weight excluding hydrogens is 515 g/mol. The number of nitrogens with zero attached hydrogens (tertiary/aromatic N) is 4. The van der Waals surface area contributed by atoms with Crippen LogP contribution in [0.25, 0.3) is 0 Å². The second-order valence-corrected chi connectivity index (χ2v) is 10.8. The second kappa shape index (κ2) is 11.0. The van der Waals surface area contributed by atoms with E-state index in [0.29, 0.717) is 43.2 Å². The Balaban J connectivity index is 1.27. The standard InChI is InChI=1S/C26H30Cl2N6O3/c1-26(2,3)21-13-22(33(4)32-21)31-25(36)30-16-5-7-17(8-6-16)37-18-9-11-34(12-10-18)24(35)23-19(27)14-29-15-20(23)28/h5-8,13-15,18H,9-12H2,1-4H3,(H2,30,31,36). The first-order valence-electron chi connectivity index (χ1n) is 12.0. The number of nitrogens with one attached hydrogen (secondary N) is 2. The lowest BCUT2D eigenvalue weighted by Gasteiger charge is -2.32. The van der Waals surface area contributed by atoms with Gasteiger partial charge in [-0.1, -0.05) is 44.0 Å². The molecule has 11 heteroatoms. The first-order chi connectivity index (χ1) is 17.5. The molecule has 9 nitrogen and oxygen atoms in total. The molecular formula is C26H30Cl2N6O3. The van der Waals surface area contributed by atoms with Crippen LogP contribution in [0.4, 0.5) is 16.3 Å². The number of aryl methyl sites for hydroxylation is 1. The summed E-state index contributed by atoms with van der Waals surface area (Å²) in [5.41, 5.74) is 1.70. The van der Waals surface area contributed by atoms with Crippen molar-refractivity contribution in [1.82, 2.24) is 19.7 Å². The monoisotopic (exact) mass is 544 g/mol. The lowest BCUT2D eigenvalue weighted by atomic mass is 9.92. The molecule has 1 fully saturated rings. The number of rotatable bonds is 5. The number of carbonyl (C=O) groups excluding carboxylic acids is 2. The fraction of sp³-hybridized carbons (Fsp3) is 0.385. The minimum atomic E-state index is -0.358. The zero-order valence-electron chi connectivity index (χ0n) is 21.2. The Morgan fingerprint density at radius 3 is 2.22 bits per heavy atom. The number of hydrogen-bond acceptors (Lipinski definition) is 5. The Morgan fingerprint density at radius 2 is 1.65 bits per heavy atom. The molecule has 1 aliphatic rings. The van der Waals surface area contributed by atoms with E-state index in [-0.39, 0.29) is 39.1 Å². The van der Waals surface area contributed by atoms with Gasteiger partial charge in [0, 0.05) is 62.5 Å². The second-order valence-electron chi connectivity index (χ2n) is 9.98. The fourth-order valence-electron chi connectivity index (χ4n) is 3.99. The number of carbonyl (C=O) groups is 2. The molecule has 196 valence electrons. The van der Waals surface area contributed by atoms with Crippen molar-refractivity contribution in [3.63, 3.8) is 0 Å². The molecule has 0 atom stereocenters. The molecule has 4 rings (SSSR count). The smallest absolute Gasteiger partial charge is 0.324 e. The summed E-state index contributed by atoms with van der Waals surface area (Å²) in [7, 11) is 1.79. The molecule has 1 aliphatic heterocycles. The van der Waals surface area contributed by atoms with Crippen LogP contribution in [0.15, 0.2) is 42.7 Å². The van der Waals surface area contributed by atoms with E-state index in [4.69, 9.17) is 27.9 Å². The summed E-state index contributed by atoms with van der Waals surface area (Å²) in [6.45, 7) is 7.27. The molecule has 1 aromatic carbocycles.